The largest absolute Gasteiger partial charge is 0.370 e. The Balaban J connectivity index is 0.00000480. The average Bonchev–Trinajstić information content (AvgIpc) is 2.73. The van der Waals surface area contributed by atoms with Crippen molar-refractivity contribution in [3.05, 3.63) is 65.2 Å². The van der Waals surface area contributed by atoms with E-state index in [0.29, 0.717) is 12.5 Å². The van der Waals surface area contributed by atoms with Gasteiger partial charge >= 0.3 is 0 Å². The van der Waals surface area contributed by atoms with Gasteiger partial charge in [0.25, 0.3) is 0 Å². The molecule has 0 aromatic heterocycles. The molecule has 0 aliphatic rings. The molecule has 9 heteroatoms. The first kappa shape index (κ1) is 27.2. The van der Waals surface area contributed by atoms with Crippen molar-refractivity contribution in [3.63, 3.8) is 0 Å². The number of guanidine groups is 1. The molecule has 0 atom stereocenters. The molecule has 0 radical (unpaired) electrons. The van der Waals surface area contributed by atoms with Gasteiger partial charge in [-0.3, -0.25) is 4.99 Å². The van der Waals surface area contributed by atoms with E-state index < -0.39 is 10.0 Å². The molecular formula is C22H34IN5O2S. The Morgan fingerprint density at radius 1 is 1.06 bits per heavy atom. The first-order chi connectivity index (χ1) is 14.4. The van der Waals surface area contributed by atoms with E-state index in [1.165, 1.54) is 18.3 Å². The summed E-state index contributed by atoms with van der Waals surface area (Å²) < 4.78 is 25.8. The van der Waals surface area contributed by atoms with Crippen molar-refractivity contribution in [1.29, 1.82) is 0 Å². The van der Waals surface area contributed by atoms with Crippen LogP contribution in [0.5, 0.6) is 0 Å². The van der Waals surface area contributed by atoms with Gasteiger partial charge in [-0.2, -0.15) is 0 Å². The fraction of sp³-hybridized carbons (Fsp3) is 0.409. The normalized spacial score (nSPS) is 11.5. The Morgan fingerprint density at radius 2 is 1.77 bits per heavy atom. The highest BCUT2D eigenvalue weighted by atomic mass is 127. The molecule has 0 bridgehead atoms. The molecule has 3 N–H and O–H groups in total. The fourth-order valence-corrected chi connectivity index (χ4v) is 3.89. The fourth-order valence-electron chi connectivity index (χ4n) is 3.13. The van der Waals surface area contributed by atoms with Crippen LogP contribution in [0.15, 0.2) is 53.5 Å². The monoisotopic (exact) mass is 559 g/mol. The van der Waals surface area contributed by atoms with E-state index in [0.717, 1.165) is 30.8 Å². The molecule has 172 valence electrons. The number of rotatable bonds is 10. The summed E-state index contributed by atoms with van der Waals surface area (Å²) >= 11 is 0. The summed E-state index contributed by atoms with van der Waals surface area (Å²) in [6.07, 6.45) is 0. The summed E-state index contributed by atoms with van der Waals surface area (Å²) in [7, 11) is -0.120. The van der Waals surface area contributed by atoms with Crippen LogP contribution in [0.3, 0.4) is 0 Å². The third kappa shape index (κ3) is 9.44. The molecule has 0 heterocycles. The van der Waals surface area contributed by atoms with Crippen molar-refractivity contribution in [2.45, 2.75) is 26.1 Å². The minimum atomic E-state index is -3.28. The highest BCUT2D eigenvalue weighted by Crippen LogP contribution is 2.15. The first-order valence-electron chi connectivity index (χ1n) is 10.1. The maximum Gasteiger partial charge on any atom is 0.215 e. The molecule has 2 aromatic carbocycles. The number of halogens is 1. The number of hydrogen-bond acceptors (Lipinski definition) is 4. The van der Waals surface area contributed by atoms with Gasteiger partial charge in [0.2, 0.25) is 10.0 Å². The molecule has 0 fully saturated rings. The lowest BCUT2D eigenvalue weighted by molar-refractivity contribution is 0.587. The summed E-state index contributed by atoms with van der Waals surface area (Å²) in [6, 6.07) is 16.0. The first-order valence-corrected chi connectivity index (χ1v) is 11.8. The van der Waals surface area contributed by atoms with Gasteiger partial charge in [0.1, 0.15) is 0 Å². The number of likely N-dealkylation sites (N-methyl/N-ethyl adjacent to an activating group) is 1. The van der Waals surface area contributed by atoms with Crippen molar-refractivity contribution in [1.82, 2.24) is 15.4 Å². The minimum Gasteiger partial charge on any atom is -0.370 e. The van der Waals surface area contributed by atoms with E-state index in [9.17, 15) is 8.42 Å². The SMILES string of the molecule is CCN(CCNC(=NC)NCc1cccc(CS(=O)(=O)NC)c1)c1cccc(C)c1.I. The van der Waals surface area contributed by atoms with Crippen LogP contribution in [-0.2, 0) is 22.3 Å². The van der Waals surface area contributed by atoms with Gasteiger partial charge < -0.3 is 15.5 Å². The third-order valence-corrected chi connectivity index (χ3v) is 6.10. The Bertz CT molecular complexity index is 950. The summed E-state index contributed by atoms with van der Waals surface area (Å²) in [6.45, 7) is 7.35. The summed E-state index contributed by atoms with van der Waals surface area (Å²) in [4.78, 5) is 6.60. The van der Waals surface area contributed by atoms with Crippen LogP contribution in [0, 0.1) is 6.92 Å². The topological polar surface area (TPSA) is 85.8 Å². The second-order valence-corrected chi connectivity index (χ2v) is 8.98. The molecule has 0 aliphatic heterocycles. The zero-order chi connectivity index (χ0) is 22.0. The van der Waals surface area contributed by atoms with E-state index >= 15 is 0 Å². The maximum atomic E-state index is 11.8. The maximum absolute atomic E-state index is 11.8. The van der Waals surface area contributed by atoms with Crippen LogP contribution < -0.4 is 20.3 Å². The second-order valence-electron chi connectivity index (χ2n) is 7.05. The Morgan fingerprint density at radius 3 is 2.42 bits per heavy atom. The van der Waals surface area contributed by atoms with Crippen LogP contribution >= 0.6 is 24.0 Å². The Labute approximate surface area is 203 Å². The Kier molecular flexibility index (Phi) is 11.9. The van der Waals surface area contributed by atoms with Crippen molar-refractivity contribution in [3.8, 4) is 0 Å². The molecule has 0 unspecified atom stereocenters. The van der Waals surface area contributed by atoms with E-state index in [4.69, 9.17) is 0 Å². The zero-order valence-corrected chi connectivity index (χ0v) is 21.8. The minimum absolute atomic E-state index is 0. The molecule has 7 nitrogen and oxygen atoms in total. The molecule has 0 saturated carbocycles. The van der Waals surface area contributed by atoms with Crippen LogP contribution in [0.4, 0.5) is 5.69 Å². The molecule has 2 aromatic rings. The van der Waals surface area contributed by atoms with Gasteiger partial charge in [-0.05, 0) is 49.7 Å². The van der Waals surface area contributed by atoms with Gasteiger partial charge in [0.05, 0.1) is 5.75 Å². The molecule has 0 amide bonds. The van der Waals surface area contributed by atoms with Crippen LogP contribution in [0.2, 0.25) is 0 Å². The zero-order valence-electron chi connectivity index (χ0n) is 18.7. The number of benzene rings is 2. The molecule has 31 heavy (non-hydrogen) atoms. The van der Waals surface area contributed by atoms with Gasteiger partial charge in [0, 0.05) is 38.9 Å². The number of aryl methyl sites for hydroxylation is 1. The van der Waals surface area contributed by atoms with E-state index in [-0.39, 0.29) is 29.7 Å². The predicted molar refractivity (Wildman–Crippen MR) is 141 cm³/mol. The number of hydrogen-bond donors (Lipinski definition) is 3. The van der Waals surface area contributed by atoms with Crippen LogP contribution in [0.25, 0.3) is 0 Å². The second kappa shape index (κ2) is 13.5. The lowest BCUT2D eigenvalue weighted by atomic mass is 10.1. The standard InChI is InChI=1S/C22H33N5O2S.HI/c1-5-27(21-11-6-8-18(2)14-21)13-12-25-22(23-3)26-16-19-9-7-10-20(15-19)17-30(28,29)24-4;/h6-11,14-15,24H,5,12-13,16-17H2,1-4H3,(H2,23,25,26);1H. The lowest BCUT2D eigenvalue weighted by Crippen LogP contribution is -2.41. The van der Waals surface area contributed by atoms with Gasteiger partial charge in [-0.15, -0.1) is 24.0 Å². The summed E-state index contributed by atoms with van der Waals surface area (Å²) in [5.41, 5.74) is 4.22. The smallest absolute Gasteiger partial charge is 0.215 e. The number of sulfonamides is 1. The number of aliphatic imine (C=N–C) groups is 1. The number of nitrogens with zero attached hydrogens (tertiary/aromatic N) is 2. The summed E-state index contributed by atoms with van der Waals surface area (Å²) in [5, 5.41) is 6.63. The van der Waals surface area contributed by atoms with E-state index in [1.54, 1.807) is 7.05 Å². The molecule has 2 rings (SSSR count). The van der Waals surface area contributed by atoms with Crippen molar-refractivity contribution in [2.75, 3.05) is 38.6 Å². The number of nitrogens with one attached hydrogen (secondary N) is 3. The van der Waals surface area contributed by atoms with E-state index in [1.807, 2.05) is 24.3 Å². The quantitative estimate of drug-likeness (QED) is 0.237. The van der Waals surface area contributed by atoms with E-state index in [2.05, 4.69) is 63.4 Å². The van der Waals surface area contributed by atoms with Gasteiger partial charge in [-0.25, -0.2) is 13.1 Å². The summed E-state index contributed by atoms with van der Waals surface area (Å²) in [5.74, 6) is 0.680. The average molecular weight is 560 g/mol. The number of anilines is 1. The highest BCUT2D eigenvalue weighted by Gasteiger charge is 2.09. The van der Waals surface area contributed by atoms with Gasteiger partial charge in [-0.1, -0.05) is 36.4 Å². The molecule has 0 aliphatic carbocycles. The highest BCUT2D eigenvalue weighted by molar-refractivity contribution is 14.0. The molecular weight excluding hydrogens is 525 g/mol. The molecule has 0 saturated heterocycles. The van der Waals surface area contributed by atoms with Crippen molar-refractivity contribution >= 4 is 45.6 Å². The van der Waals surface area contributed by atoms with Gasteiger partial charge in [0.15, 0.2) is 5.96 Å². The van der Waals surface area contributed by atoms with Crippen molar-refractivity contribution in [2.24, 2.45) is 4.99 Å². The van der Waals surface area contributed by atoms with Crippen molar-refractivity contribution < 1.29 is 8.42 Å². The predicted octanol–water partition coefficient (Wildman–Crippen LogP) is 2.85. The third-order valence-electron chi connectivity index (χ3n) is 4.77. The molecule has 0 spiro atoms. The van der Waals surface area contributed by atoms with Crippen LogP contribution in [0.1, 0.15) is 23.6 Å². The van der Waals surface area contributed by atoms with Crippen LogP contribution in [-0.4, -0.2) is 48.1 Å². The Hall–Kier alpha value is -1.85. The lowest BCUT2D eigenvalue weighted by Gasteiger charge is -2.24.